The highest BCUT2D eigenvalue weighted by Gasteiger charge is 2.21. The highest BCUT2D eigenvalue weighted by Crippen LogP contribution is 2.18. The highest BCUT2D eigenvalue weighted by atomic mass is 32.2. The molecule has 100 valence electrons. The van der Waals surface area contributed by atoms with Crippen LogP contribution in [0.1, 0.15) is 12.8 Å². The number of rotatable bonds is 4. The summed E-state index contributed by atoms with van der Waals surface area (Å²) in [5.41, 5.74) is 0. The Labute approximate surface area is 113 Å². The molecule has 1 aliphatic rings. The lowest BCUT2D eigenvalue weighted by Crippen LogP contribution is -2.45. The summed E-state index contributed by atoms with van der Waals surface area (Å²) < 4.78 is 27.1. The van der Waals surface area contributed by atoms with Gasteiger partial charge >= 0.3 is 0 Å². The summed E-state index contributed by atoms with van der Waals surface area (Å²) in [4.78, 5) is 1.40. The Kier molecular flexibility index (Phi) is 4.66. The summed E-state index contributed by atoms with van der Waals surface area (Å²) in [6, 6.07) is 6.98. The molecule has 0 bridgehead atoms. The molecule has 2 N–H and O–H groups in total. The van der Waals surface area contributed by atoms with Gasteiger partial charge in [0.1, 0.15) is 0 Å². The third-order valence-corrected chi connectivity index (χ3v) is 5.27. The van der Waals surface area contributed by atoms with Crippen LogP contribution in [-0.2, 0) is 10.0 Å². The van der Waals surface area contributed by atoms with E-state index in [4.69, 9.17) is 0 Å². The fourth-order valence-electron chi connectivity index (χ4n) is 1.99. The number of hydrogen-bond acceptors (Lipinski definition) is 4. The van der Waals surface area contributed by atoms with Gasteiger partial charge in [0.25, 0.3) is 0 Å². The molecular formula is C12H18N2O2S2. The molecule has 0 saturated carbocycles. The van der Waals surface area contributed by atoms with Crippen molar-refractivity contribution in [2.45, 2.75) is 28.7 Å². The molecule has 1 heterocycles. The highest BCUT2D eigenvalue weighted by molar-refractivity contribution is 7.98. The number of piperidine rings is 1. The molecule has 6 heteroatoms. The van der Waals surface area contributed by atoms with E-state index in [9.17, 15) is 8.42 Å². The van der Waals surface area contributed by atoms with Crippen LogP contribution in [-0.4, -0.2) is 33.8 Å². The predicted molar refractivity (Wildman–Crippen MR) is 74.4 cm³/mol. The molecule has 0 amide bonds. The topological polar surface area (TPSA) is 58.2 Å². The number of sulfonamides is 1. The van der Waals surface area contributed by atoms with Gasteiger partial charge in [0, 0.05) is 17.5 Å². The van der Waals surface area contributed by atoms with Gasteiger partial charge in [-0.1, -0.05) is 0 Å². The van der Waals surface area contributed by atoms with Crippen molar-refractivity contribution in [3.63, 3.8) is 0 Å². The van der Waals surface area contributed by atoms with Crippen LogP contribution in [0.5, 0.6) is 0 Å². The number of nitrogens with one attached hydrogen (secondary N) is 2. The first-order chi connectivity index (χ1) is 8.62. The first-order valence-corrected chi connectivity index (χ1v) is 8.70. The van der Waals surface area contributed by atoms with Crippen molar-refractivity contribution in [1.82, 2.24) is 10.0 Å². The van der Waals surface area contributed by atoms with Crippen LogP contribution >= 0.6 is 11.8 Å². The lowest BCUT2D eigenvalue weighted by molar-refractivity contribution is 0.428. The van der Waals surface area contributed by atoms with E-state index < -0.39 is 10.0 Å². The molecular weight excluding hydrogens is 268 g/mol. The molecule has 18 heavy (non-hydrogen) atoms. The molecule has 1 saturated heterocycles. The van der Waals surface area contributed by atoms with Gasteiger partial charge in [-0.25, -0.2) is 13.1 Å². The molecule has 2 rings (SSSR count). The number of hydrogen-bond donors (Lipinski definition) is 2. The van der Waals surface area contributed by atoms with E-state index in [0.717, 1.165) is 24.3 Å². The fraction of sp³-hybridized carbons (Fsp3) is 0.500. The average molecular weight is 286 g/mol. The van der Waals surface area contributed by atoms with E-state index in [2.05, 4.69) is 10.0 Å². The maximum absolute atomic E-state index is 12.2. The van der Waals surface area contributed by atoms with E-state index in [-0.39, 0.29) is 6.04 Å². The number of thioether (sulfide) groups is 1. The minimum Gasteiger partial charge on any atom is -0.315 e. The smallest absolute Gasteiger partial charge is 0.240 e. The minimum atomic E-state index is -3.38. The molecule has 1 aromatic rings. The molecule has 1 fully saturated rings. The summed E-state index contributed by atoms with van der Waals surface area (Å²) in [5.74, 6) is 0. The summed E-state index contributed by atoms with van der Waals surface area (Å²) >= 11 is 1.60. The zero-order valence-corrected chi connectivity index (χ0v) is 12.0. The second-order valence-electron chi connectivity index (χ2n) is 4.34. The van der Waals surface area contributed by atoms with Gasteiger partial charge in [-0.3, -0.25) is 0 Å². The van der Waals surface area contributed by atoms with Crippen molar-refractivity contribution in [1.29, 1.82) is 0 Å². The largest absolute Gasteiger partial charge is 0.315 e. The van der Waals surface area contributed by atoms with Crippen LogP contribution in [0.25, 0.3) is 0 Å². The first-order valence-electron chi connectivity index (χ1n) is 5.99. The van der Waals surface area contributed by atoms with Crippen LogP contribution in [0.3, 0.4) is 0 Å². The average Bonchev–Trinajstić information content (AvgIpc) is 2.39. The summed E-state index contributed by atoms with van der Waals surface area (Å²) in [7, 11) is -3.38. The van der Waals surface area contributed by atoms with Gasteiger partial charge in [0.05, 0.1) is 4.90 Å². The Bertz CT molecular complexity index is 479. The van der Waals surface area contributed by atoms with Crippen molar-refractivity contribution in [2.24, 2.45) is 0 Å². The van der Waals surface area contributed by atoms with Gasteiger partial charge < -0.3 is 5.32 Å². The van der Waals surface area contributed by atoms with Crippen molar-refractivity contribution in [3.8, 4) is 0 Å². The lowest BCUT2D eigenvalue weighted by atomic mass is 10.1. The van der Waals surface area contributed by atoms with Crippen LogP contribution in [0, 0.1) is 0 Å². The molecule has 1 atom stereocenters. The maximum atomic E-state index is 12.2. The third-order valence-electron chi connectivity index (χ3n) is 2.99. The summed E-state index contributed by atoms with van der Waals surface area (Å²) in [5, 5.41) is 3.20. The fourth-order valence-corrected chi connectivity index (χ4v) is 3.67. The van der Waals surface area contributed by atoms with Gasteiger partial charge in [0.2, 0.25) is 10.0 Å². The minimum absolute atomic E-state index is 0.00368. The molecule has 4 nitrogen and oxygen atoms in total. The second-order valence-corrected chi connectivity index (χ2v) is 6.93. The molecule has 0 aromatic heterocycles. The number of benzene rings is 1. The van der Waals surface area contributed by atoms with E-state index in [0.29, 0.717) is 11.4 Å². The zero-order chi connectivity index (χ0) is 13.0. The van der Waals surface area contributed by atoms with E-state index in [1.165, 1.54) is 0 Å². The summed E-state index contributed by atoms with van der Waals surface area (Å²) in [6.45, 7) is 1.68. The lowest BCUT2D eigenvalue weighted by Gasteiger charge is -2.23. The van der Waals surface area contributed by atoms with Crippen LogP contribution in [0.15, 0.2) is 34.1 Å². The Balaban J connectivity index is 2.08. The van der Waals surface area contributed by atoms with Crippen molar-refractivity contribution < 1.29 is 8.42 Å². The van der Waals surface area contributed by atoms with E-state index >= 15 is 0 Å². The maximum Gasteiger partial charge on any atom is 0.240 e. The van der Waals surface area contributed by atoms with E-state index in [1.807, 2.05) is 18.4 Å². The molecule has 0 radical (unpaired) electrons. The Morgan fingerprint density at radius 1 is 1.33 bits per heavy atom. The van der Waals surface area contributed by atoms with Gasteiger partial charge in [-0.05, 0) is 49.9 Å². The third kappa shape index (κ3) is 3.47. The Hall–Kier alpha value is -0.560. The second kappa shape index (κ2) is 6.06. The molecule has 1 aliphatic heterocycles. The Morgan fingerprint density at radius 3 is 2.61 bits per heavy atom. The monoisotopic (exact) mass is 286 g/mol. The van der Waals surface area contributed by atoms with Crippen LogP contribution in [0.4, 0.5) is 0 Å². The SMILES string of the molecule is CSc1ccc(S(=O)(=O)NC2CCCNC2)cc1. The van der Waals surface area contributed by atoms with E-state index in [1.54, 1.807) is 23.9 Å². The van der Waals surface area contributed by atoms with Crippen molar-refractivity contribution >= 4 is 21.8 Å². The molecule has 0 aliphatic carbocycles. The van der Waals surface area contributed by atoms with Crippen LogP contribution < -0.4 is 10.0 Å². The quantitative estimate of drug-likeness (QED) is 0.822. The molecule has 0 spiro atoms. The first kappa shape index (κ1) is 13.9. The van der Waals surface area contributed by atoms with Crippen LogP contribution in [0.2, 0.25) is 0 Å². The van der Waals surface area contributed by atoms with Gasteiger partial charge in [-0.15, -0.1) is 11.8 Å². The molecule has 1 unspecified atom stereocenters. The van der Waals surface area contributed by atoms with Crippen molar-refractivity contribution in [3.05, 3.63) is 24.3 Å². The standard InChI is InChI=1S/C12H18N2O2S2/c1-17-11-4-6-12(7-5-11)18(15,16)14-10-3-2-8-13-9-10/h4-7,10,13-14H,2-3,8-9H2,1H3. The zero-order valence-electron chi connectivity index (χ0n) is 10.3. The van der Waals surface area contributed by atoms with Gasteiger partial charge in [0.15, 0.2) is 0 Å². The summed E-state index contributed by atoms with van der Waals surface area (Å²) in [6.07, 6.45) is 3.88. The normalized spacial score (nSPS) is 20.8. The predicted octanol–water partition coefficient (Wildman–Crippen LogP) is 1.44. The van der Waals surface area contributed by atoms with Gasteiger partial charge in [-0.2, -0.15) is 0 Å². The molecule has 1 aromatic carbocycles. The van der Waals surface area contributed by atoms with Crippen molar-refractivity contribution in [2.75, 3.05) is 19.3 Å². The Morgan fingerprint density at radius 2 is 2.06 bits per heavy atom.